The van der Waals surface area contributed by atoms with Gasteiger partial charge in [0, 0.05) is 12.0 Å². The summed E-state index contributed by atoms with van der Waals surface area (Å²) < 4.78 is 5.41. The Hall–Kier alpha value is -0.190. The first-order valence-electron chi connectivity index (χ1n) is 4.14. The predicted octanol–water partition coefficient (Wildman–Crippen LogP) is 0.635. The summed E-state index contributed by atoms with van der Waals surface area (Å²) in [4.78, 5) is 0.568. The standard InChI is InChI=1S/C8H16N2OS/c1-8(2,7(9)12)3-6-4-10-5-11-6/h6,10H,3-5H2,1-2H3,(H2,9,12). The third-order valence-corrected chi connectivity index (χ3v) is 2.75. The van der Waals surface area contributed by atoms with E-state index in [0.717, 1.165) is 13.0 Å². The molecule has 0 saturated carbocycles. The average Bonchev–Trinajstić information content (AvgIpc) is 2.38. The van der Waals surface area contributed by atoms with Gasteiger partial charge in [-0.1, -0.05) is 26.1 Å². The number of hydrogen-bond acceptors (Lipinski definition) is 3. The number of nitrogens with two attached hydrogens (primary N) is 1. The second kappa shape index (κ2) is 3.68. The lowest BCUT2D eigenvalue weighted by Gasteiger charge is -2.25. The largest absolute Gasteiger partial charge is 0.393 e. The maximum absolute atomic E-state index is 5.60. The quantitative estimate of drug-likeness (QED) is 0.638. The Labute approximate surface area is 78.7 Å². The molecule has 1 atom stereocenters. The van der Waals surface area contributed by atoms with Gasteiger partial charge in [0.05, 0.1) is 17.8 Å². The zero-order valence-corrected chi connectivity index (χ0v) is 8.41. The van der Waals surface area contributed by atoms with Crippen LogP contribution in [0.2, 0.25) is 0 Å². The number of hydrogen-bond donors (Lipinski definition) is 2. The van der Waals surface area contributed by atoms with Crippen molar-refractivity contribution in [2.75, 3.05) is 13.3 Å². The zero-order chi connectivity index (χ0) is 9.19. The van der Waals surface area contributed by atoms with Crippen molar-refractivity contribution in [1.29, 1.82) is 0 Å². The Morgan fingerprint density at radius 3 is 2.83 bits per heavy atom. The summed E-state index contributed by atoms with van der Waals surface area (Å²) in [5.74, 6) is 0. The van der Waals surface area contributed by atoms with Crippen molar-refractivity contribution in [3.8, 4) is 0 Å². The molecule has 3 nitrogen and oxygen atoms in total. The van der Waals surface area contributed by atoms with E-state index in [1.807, 2.05) is 0 Å². The van der Waals surface area contributed by atoms with Crippen molar-refractivity contribution in [3.05, 3.63) is 0 Å². The van der Waals surface area contributed by atoms with E-state index in [1.54, 1.807) is 0 Å². The zero-order valence-electron chi connectivity index (χ0n) is 7.59. The van der Waals surface area contributed by atoms with Gasteiger partial charge in [-0.3, -0.25) is 5.32 Å². The van der Waals surface area contributed by atoms with Crippen LogP contribution in [0.15, 0.2) is 0 Å². The van der Waals surface area contributed by atoms with Gasteiger partial charge in [0.1, 0.15) is 0 Å². The fourth-order valence-electron chi connectivity index (χ4n) is 1.26. The number of rotatable bonds is 3. The molecular weight excluding hydrogens is 172 g/mol. The van der Waals surface area contributed by atoms with Gasteiger partial charge in [0.15, 0.2) is 0 Å². The molecule has 0 amide bonds. The normalized spacial score (nSPS) is 24.3. The van der Waals surface area contributed by atoms with Crippen LogP contribution in [0.5, 0.6) is 0 Å². The smallest absolute Gasteiger partial charge is 0.0970 e. The van der Waals surface area contributed by atoms with Crippen LogP contribution in [0.1, 0.15) is 20.3 Å². The molecule has 1 aliphatic rings. The topological polar surface area (TPSA) is 47.3 Å². The number of ether oxygens (including phenoxy) is 1. The highest BCUT2D eigenvalue weighted by Gasteiger charge is 2.28. The van der Waals surface area contributed by atoms with E-state index in [1.165, 1.54) is 0 Å². The summed E-state index contributed by atoms with van der Waals surface area (Å²) in [6.45, 7) is 5.66. The third kappa shape index (κ3) is 2.40. The van der Waals surface area contributed by atoms with Gasteiger partial charge < -0.3 is 10.5 Å². The first-order chi connectivity index (χ1) is 5.52. The van der Waals surface area contributed by atoms with Crippen molar-refractivity contribution >= 4 is 17.2 Å². The van der Waals surface area contributed by atoms with Crippen LogP contribution < -0.4 is 11.1 Å². The van der Waals surface area contributed by atoms with Crippen molar-refractivity contribution in [3.63, 3.8) is 0 Å². The van der Waals surface area contributed by atoms with Crippen LogP contribution in [0.25, 0.3) is 0 Å². The summed E-state index contributed by atoms with van der Waals surface area (Å²) in [5, 5.41) is 3.13. The monoisotopic (exact) mass is 188 g/mol. The molecule has 1 heterocycles. The molecule has 0 bridgehead atoms. The first-order valence-corrected chi connectivity index (χ1v) is 4.55. The van der Waals surface area contributed by atoms with Gasteiger partial charge >= 0.3 is 0 Å². The van der Waals surface area contributed by atoms with Gasteiger partial charge in [-0.05, 0) is 6.42 Å². The van der Waals surface area contributed by atoms with Crippen LogP contribution in [-0.4, -0.2) is 24.4 Å². The summed E-state index contributed by atoms with van der Waals surface area (Å²) in [5.41, 5.74) is 5.51. The minimum atomic E-state index is -0.0913. The molecule has 1 rings (SSSR count). The molecule has 1 unspecified atom stereocenters. The highest BCUT2D eigenvalue weighted by atomic mass is 32.1. The minimum absolute atomic E-state index is 0.0913. The molecule has 1 saturated heterocycles. The van der Waals surface area contributed by atoms with Crippen molar-refractivity contribution < 1.29 is 4.74 Å². The van der Waals surface area contributed by atoms with Gasteiger partial charge in [-0.15, -0.1) is 0 Å². The van der Waals surface area contributed by atoms with E-state index < -0.39 is 0 Å². The fraction of sp³-hybridized carbons (Fsp3) is 0.875. The summed E-state index contributed by atoms with van der Waals surface area (Å²) in [6.07, 6.45) is 1.16. The van der Waals surface area contributed by atoms with Crippen LogP contribution in [0, 0.1) is 5.41 Å². The van der Waals surface area contributed by atoms with E-state index >= 15 is 0 Å². The predicted molar refractivity (Wildman–Crippen MR) is 52.9 cm³/mol. The summed E-state index contributed by atoms with van der Waals surface area (Å²) in [7, 11) is 0. The van der Waals surface area contributed by atoms with Crippen LogP contribution in [0.4, 0.5) is 0 Å². The Kier molecular flexibility index (Phi) is 3.04. The molecule has 0 spiro atoms. The molecule has 1 aliphatic heterocycles. The minimum Gasteiger partial charge on any atom is -0.393 e. The number of thiocarbonyl (C=S) groups is 1. The SMILES string of the molecule is CC(C)(CC1CNCO1)C(N)=S. The van der Waals surface area contributed by atoms with E-state index in [9.17, 15) is 0 Å². The van der Waals surface area contributed by atoms with Crippen LogP contribution >= 0.6 is 12.2 Å². The molecule has 4 heteroatoms. The highest BCUT2D eigenvalue weighted by Crippen LogP contribution is 2.24. The highest BCUT2D eigenvalue weighted by molar-refractivity contribution is 7.80. The van der Waals surface area contributed by atoms with Gasteiger partial charge in [0.25, 0.3) is 0 Å². The van der Waals surface area contributed by atoms with Gasteiger partial charge in [0.2, 0.25) is 0 Å². The molecule has 0 aromatic heterocycles. The second-order valence-electron chi connectivity index (χ2n) is 3.84. The molecule has 0 aromatic rings. The van der Waals surface area contributed by atoms with E-state index in [-0.39, 0.29) is 11.5 Å². The Balaban J connectivity index is 2.42. The lowest BCUT2D eigenvalue weighted by atomic mass is 9.87. The molecular formula is C8H16N2OS. The maximum atomic E-state index is 5.60. The average molecular weight is 188 g/mol. The summed E-state index contributed by atoms with van der Waals surface area (Å²) >= 11 is 4.97. The van der Waals surface area contributed by atoms with Crippen molar-refractivity contribution in [2.24, 2.45) is 11.1 Å². The third-order valence-electron chi connectivity index (χ3n) is 2.20. The molecule has 0 aromatic carbocycles. The Bertz CT molecular complexity index is 176. The van der Waals surface area contributed by atoms with Crippen molar-refractivity contribution in [1.82, 2.24) is 5.32 Å². The molecule has 12 heavy (non-hydrogen) atoms. The van der Waals surface area contributed by atoms with Gasteiger partial charge in [-0.25, -0.2) is 0 Å². The van der Waals surface area contributed by atoms with E-state index in [0.29, 0.717) is 11.7 Å². The first kappa shape index (κ1) is 9.89. The van der Waals surface area contributed by atoms with Crippen molar-refractivity contribution in [2.45, 2.75) is 26.4 Å². The Morgan fingerprint density at radius 2 is 2.42 bits per heavy atom. The van der Waals surface area contributed by atoms with Gasteiger partial charge in [-0.2, -0.15) is 0 Å². The molecule has 70 valence electrons. The molecule has 3 N–H and O–H groups in total. The van der Waals surface area contributed by atoms with E-state index in [4.69, 9.17) is 22.7 Å². The second-order valence-corrected chi connectivity index (χ2v) is 4.28. The van der Waals surface area contributed by atoms with Crippen LogP contribution in [0.3, 0.4) is 0 Å². The lowest BCUT2D eigenvalue weighted by Crippen LogP contribution is -2.34. The fourth-order valence-corrected chi connectivity index (χ4v) is 1.34. The maximum Gasteiger partial charge on any atom is 0.0970 e. The lowest BCUT2D eigenvalue weighted by molar-refractivity contribution is 0.0894. The van der Waals surface area contributed by atoms with E-state index in [2.05, 4.69) is 19.2 Å². The number of nitrogens with one attached hydrogen (secondary N) is 1. The summed E-state index contributed by atoms with van der Waals surface area (Å²) in [6, 6.07) is 0. The molecule has 1 fully saturated rings. The van der Waals surface area contributed by atoms with Crippen LogP contribution in [-0.2, 0) is 4.74 Å². The molecule has 0 aliphatic carbocycles. The Morgan fingerprint density at radius 1 is 1.75 bits per heavy atom. The molecule has 0 radical (unpaired) electrons.